The van der Waals surface area contributed by atoms with Gasteiger partial charge in [0.05, 0.1) is 13.5 Å². The summed E-state index contributed by atoms with van der Waals surface area (Å²) in [6.07, 6.45) is 0.811. The molecule has 5 nitrogen and oxygen atoms in total. The fourth-order valence-corrected chi connectivity index (χ4v) is 1.42. The molecule has 82 valence electrons. The van der Waals surface area contributed by atoms with E-state index in [0.29, 0.717) is 12.3 Å². The lowest BCUT2D eigenvalue weighted by Crippen LogP contribution is -2.20. The third-order valence-corrected chi connectivity index (χ3v) is 1.90. The van der Waals surface area contributed by atoms with Crippen molar-refractivity contribution < 1.29 is 14.5 Å². The second-order valence-corrected chi connectivity index (χ2v) is 3.79. The summed E-state index contributed by atoms with van der Waals surface area (Å²) < 4.78 is 4.48. The Bertz CT molecular complexity index is 203. The van der Waals surface area contributed by atoms with Gasteiger partial charge in [-0.25, -0.2) is 0 Å². The highest BCUT2D eigenvalue weighted by Crippen LogP contribution is 2.16. The van der Waals surface area contributed by atoms with E-state index in [9.17, 15) is 14.9 Å². The third kappa shape index (κ3) is 6.39. The van der Waals surface area contributed by atoms with Gasteiger partial charge in [0.1, 0.15) is 0 Å². The Morgan fingerprint density at radius 3 is 2.43 bits per heavy atom. The number of ether oxygens (including phenoxy) is 1. The molecule has 0 N–H and O–H groups in total. The van der Waals surface area contributed by atoms with Crippen molar-refractivity contribution in [1.29, 1.82) is 0 Å². The summed E-state index contributed by atoms with van der Waals surface area (Å²) in [5.41, 5.74) is 0. The quantitative estimate of drug-likeness (QED) is 0.372. The monoisotopic (exact) mass is 203 g/mol. The van der Waals surface area contributed by atoms with Gasteiger partial charge < -0.3 is 4.74 Å². The average molecular weight is 203 g/mol. The fraction of sp³-hybridized carbons (Fsp3) is 0.889. The molecule has 0 heterocycles. The van der Waals surface area contributed by atoms with Crippen LogP contribution in [0, 0.1) is 22.0 Å². The molecule has 0 rings (SSSR count). The van der Waals surface area contributed by atoms with E-state index in [2.05, 4.69) is 4.74 Å². The first-order valence-corrected chi connectivity index (χ1v) is 4.64. The van der Waals surface area contributed by atoms with Crippen LogP contribution in [0.1, 0.15) is 26.7 Å². The first-order chi connectivity index (χ1) is 6.45. The zero-order valence-electron chi connectivity index (χ0n) is 8.86. The van der Waals surface area contributed by atoms with Gasteiger partial charge in [-0.2, -0.15) is 0 Å². The van der Waals surface area contributed by atoms with Crippen molar-refractivity contribution in [2.75, 3.05) is 13.7 Å². The lowest BCUT2D eigenvalue weighted by atomic mass is 9.94. The Balaban J connectivity index is 4.09. The van der Waals surface area contributed by atoms with Crippen LogP contribution in [0.4, 0.5) is 0 Å². The first-order valence-electron chi connectivity index (χ1n) is 4.64. The van der Waals surface area contributed by atoms with Crippen LogP contribution in [-0.2, 0) is 9.53 Å². The summed E-state index contributed by atoms with van der Waals surface area (Å²) in [5.74, 6) is -0.237. The van der Waals surface area contributed by atoms with Crippen molar-refractivity contribution in [1.82, 2.24) is 0 Å². The van der Waals surface area contributed by atoms with Crippen LogP contribution in [0.5, 0.6) is 0 Å². The van der Waals surface area contributed by atoms with Gasteiger partial charge in [0.15, 0.2) is 0 Å². The minimum atomic E-state index is -0.379. The van der Waals surface area contributed by atoms with Crippen molar-refractivity contribution in [3.05, 3.63) is 10.1 Å². The maximum absolute atomic E-state index is 10.9. The SMILES string of the molecule is COC(=O)CC(CC(C)C)C[N+](=O)[O-]. The molecule has 0 saturated heterocycles. The molecule has 0 aliphatic carbocycles. The molecule has 0 spiro atoms. The van der Waals surface area contributed by atoms with E-state index >= 15 is 0 Å². The molecular formula is C9H17NO4. The van der Waals surface area contributed by atoms with Gasteiger partial charge in [0.2, 0.25) is 6.54 Å². The van der Waals surface area contributed by atoms with Crippen LogP contribution in [0.15, 0.2) is 0 Å². The van der Waals surface area contributed by atoms with Crippen LogP contribution in [-0.4, -0.2) is 24.5 Å². The van der Waals surface area contributed by atoms with Crippen molar-refractivity contribution in [3.63, 3.8) is 0 Å². The van der Waals surface area contributed by atoms with Gasteiger partial charge in [-0.15, -0.1) is 0 Å². The summed E-state index contributed by atoms with van der Waals surface area (Å²) in [5, 5.41) is 10.3. The predicted octanol–water partition coefficient (Wildman–Crippen LogP) is 1.49. The maximum Gasteiger partial charge on any atom is 0.306 e. The highest BCUT2D eigenvalue weighted by Gasteiger charge is 2.20. The van der Waals surface area contributed by atoms with Gasteiger partial charge in [-0.1, -0.05) is 13.8 Å². The predicted molar refractivity (Wildman–Crippen MR) is 51.4 cm³/mol. The molecule has 0 amide bonds. The molecule has 5 heteroatoms. The topological polar surface area (TPSA) is 69.4 Å². The summed E-state index contributed by atoms with van der Waals surface area (Å²) in [6.45, 7) is 3.79. The number of carbonyl (C=O) groups excluding carboxylic acids is 1. The van der Waals surface area contributed by atoms with E-state index in [4.69, 9.17) is 0 Å². The Hall–Kier alpha value is -1.13. The standard InChI is InChI=1S/C9H17NO4/c1-7(2)4-8(6-10(12)13)5-9(11)14-3/h7-8H,4-6H2,1-3H3. The van der Waals surface area contributed by atoms with Crippen LogP contribution in [0.25, 0.3) is 0 Å². The average Bonchev–Trinajstić information content (AvgIpc) is 2.01. The summed E-state index contributed by atoms with van der Waals surface area (Å²) in [4.78, 5) is 20.9. The van der Waals surface area contributed by atoms with E-state index in [0.717, 1.165) is 0 Å². The van der Waals surface area contributed by atoms with Gasteiger partial charge in [0.25, 0.3) is 0 Å². The van der Waals surface area contributed by atoms with E-state index in [1.807, 2.05) is 13.8 Å². The highest BCUT2D eigenvalue weighted by molar-refractivity contribution is 5.69. The lowest BCUT2D eigenvalue weighted by Gasteiger charge is -2.13. The largest absolute Gasteiger partial charge is 0.469 e. The molecule has 0 aromatic rings. The van der Waals surface area contributed by atoms with Crippen molar-refractivity contribution in [3.8, 4) is 0 Å². The first kappa shape index (κ1) is 12.9. The molecule has 0 bridgehead atoms. The molecule has 0 aromatic carbocycles. The van der Waals surface area contributed by atoms with Crippen molar-refractivity contribution >= 4 is 5.97 Å². The number of rotatable bonds is 6. The Morgan fingerprint density at radius 2 is 2.07 bits per heavy atom. The minimum absolute atomic E-state index is 0.135. The number of hydrogen-bond donors (Lipinski definition) is 0. The van der Waals surface area contributed by atoms with Crippen LogP contribution >= 0.6 is 0 Å². The molecule has 1 atom stereocenters. The summed E-state index contributed by atoms with van der Waals surface area (Å²) in [7, 11) is 1.29. The number of nitrogens with zero attached hydrogens (tertiary/aromatic N) is 1. The van der Waals surface area contributed by atoms with Gasteiger partial charge in [-0.05, 0) is 12.3 Å². The van der Waals surface area contributed by atoms with E-state index in [-0.39, 0.29) is 29.8 Å². The number of hydrogen-bond acceptors (Lipinski definition) is 4. The molecular weight excluding hydrogens is 186 g/mol. The lowest BCUT2D eigenvalue weighted by molar-refractivity contribution is -0.488. The number of esters is 1. The summed E-state index contributed by atoms with van der Waals surface area (Å²) in [6, 6.07) is 0. The van der Waals surface area contributed by atoms with Gasteiger partial charge in [0, 0.05) is 10.8 Å². The van der Waals surface area contributed by atoms with Crippen LogP contribution in [0.3, 0.4) is 0 Å². The molecule has 14 heavy (non-hydrogen) atoms. The zero-order valence-corrected chi connectivity index (χ0v) is 8.86. The second kappa shape index (κ2) is 6.34. The number of nitro groups is 1. The summed E-state index contributed by atoms with van der Waals surface area (Å²) >= 11 is 0. The normalized spacial score (nSPS) is 12.6. The molecule has 0 aromatic heterocycles. The van der Waals surface area contributed by atoms with Crippen LogP contribution in [0.2, 0.25) is 0 Å². The highest BCUT2D eigenvalue weighted by atomic mass is 16.6. The Labute approximate surface area is 83.6 Å². The third-order valence-electron chi connectivity index (χ3n) is 1.90. The number of methoxy groups -OCH3 is 1. The van der Waals surface area contributed by atoms with Gasteiger partial charge >= 0.3 is 5.97 Å². The Kier molecular flexibility index (Phi) is 5.83. The van der Waals surface area contributed by atoms with Gasteiger partial charge in [-0.3, -0.25) is 14.9 Å². The molecule has 1 unspecified atom stereocenters. The molecule has 0 radical (unpaired) electrons. The molecule has 0 aliphatic rings. The number of carbonyl (C=O) groups is 1. The van der Waals surface area contributed by atoms with Crippen LogP contribution < -0.4 is 0 Å². The molecule has 0 aliphatic heterocycles. The van der Waals surface area contributed by atoms with Crippen molar-refractivity contribution in [2.24, 2.45) is 11.8 Å². The van der Waals surface area contributed by atoms with E-state index < -0.39 is 0 Å². The Morgan fingerprint density at radius 1 is 1.50 bits per heavy atom. The maximum atomic E-state index is 10.9. The molecule has 0 fully saturated rings. The smallest absolute Gasteiger partial charge is 0.306 e. The van der Waals surface area contributed by atoms with E-state index in [1.54, 1.807) is 0 Å². The fourth-order valence-electron chi connectivity index (χ4n) is 1.42. The zero-order chi connectivity index (χ0) is 11.1. The van der Waals surface area contributed by atoms with E-state index in [1.165, 1.54) is 7.11 Å². The second-order valence-electron chi connectivity index (χ2n) is 3.79. The molecule has 0 saturated carbocycles. The van der Waals surface area contributed by atoms with Crippen molar-refractivity contribution in [2.45, 2.75) is 26.7 Å². The minimum Gasteiger partial charge on any atom is -0.469 e.